The van der Waals surface area contributed by atoms with Crippen molar-refractivity contribution in [3.8, 4) is 0 Å². The number of fused-ring (bicyclic) bond motifs is 1. The van der Waals surface area contributed by atoms with Gasteiger partial charge in [-0.05, 0) is 31.7 Å². The zero-order valence-corrected chi connectivity index (χ0v) is 13.2. The number of nitrogens with zero attached hydrogens (tertiary/aromatic N) is 1. The molecule has 3 atom stereocenters. The van der Waals surface area contributed by atoms with E-state index in [-0.39, 0.29) is 21.6 Å². The average molecular weight is 331 g/mol. The molecule has 2 aliphatic rings. The fraction of sp³-hybridized carbons (Fsp3) is 0.615. The molecule has 0 bridgehead atoms. The Morgan fingerprint density at radius 3 is 2.67 bits per heavy atom. The number of aromatic carboxylic acids is 1. The lowest BCUT2D eigenvalue weighted by Crippen LogP contribution is -2.31. The molecule has 2 N–H and O–H groups in total. The van der Waals surface area contributed by atoms with E-state index in [4.69, 9.17) is 5.11 Å². The van der Waals surface area contributed by atoms with Crippen LogP contribution in [0, 0.1) is 18.8 Å². The Morgan fingerprint density at radius 1 is 1.38 bits per heavy atom. The highest BCUT2D eigenvalue weighted by Crippen LogP contribution is 2.41. The molecule has 1 aliphatic carbocycles. The van der Waals surface area contributed by atoms with Gasteiger partial charge in [-0.15, -0.1) is 11.3 Å². The standard InChI is InChI=1S/C13H17NO5S2/c1-7-12(4-11(20-7)13(16)17)21(18,19)14-5-8-2-3-10(15)9(8)6-14/h4,8-10,15H,2-3,5-6H2,1H3,(H,16,17). The van der Waals surface area contributed by atoms with Crippen LogP contribution < -0.4 is 0 Å². The van der Waals surface area contributed by atoms with Crippen LogP contribution in [0.2, 0.25) is 0 Å². The summed E-state index contributed by atoms with van der Waals surface area (Å²) >= 11 is 0.975. The summed E-state index contributed by atoms with van der Waals surface area (Å²) in [6.07, 6.45) is 1.17. The minimum atomic E-state index is -3.68. The Kier molecular flexibility index (Phi) is 3.59. The second kappa shape index (κ2) is 5.05. The summed E-state index contributed by atoms with van der Waals surface area (Å²) in [5.74, 6) is -0.886. The predicted molar refractivity (Wildman–Crippen MR) is 77.0 cm³/mol. The summed E-state index contributed by atoms with van der Waals surface area (Å²) < 4.78 is 26.8. The second-order valence-electron chi connectivity index (χ2n) is 5.73. The van der Waals surface area contributed by atoms with Crippen molar-refractivity contribution in [3.05, 3.63) is 15.8 Å². The van der Waals surface area contributed by atoms with E-state index < -0.39 is 22.1 Å². The predicted octanol–water partition coefficient (Wildman–Crippen LogP) is 1.15. The summed E-state index contributed by atoms with van der Waals surface area (Å²) in [6.45, 7) is 2.36. The number of carbonyl (C=O) groups is 1. The molecule has 3 unspecified atom stereocenters. The minimum Gasteiger partial charge on any atom is -0.477 e. The molecule has 3 rings (SSSR count). The van der Waals surface area contributed by atoms with Crippen LogP contribution in [0.15, 0.2) is 11.0 Å². The molecule has 0 aromatic carbocycles. The molecule has 1 aromatic rings. The van der Waals surface area contributed by atoms with Gasteiger partial charge in [0, 0.05) is 23.9 Å². The average Bonchev–Trinajstić information content (AvgIpc) is 3.06. The third kappa shape index (κ3) is 2.40. The van der Waals surface area contributed by atoms with Crippen LogP contribution >= 0.6 is 11.3 Å². The maximum absolute atomic E-state index is 12.7. The van der Waals surface area contributed by atoms with Crippen LogP contribution in [0.25, 0.3) is 0 Å². The summed E-state index contributed by atoms with van der Waals surface area (Å²) in [7, 11) is -3.68. The third-order valence-electron chi connectivity index (χ3n) is 4.49. The largest absolute Gasteiger partial charge is 0.477 e. The van der Waals surface area contributed by atoms with Gasteiger partial charge in [-0.1, -0.05) is 0 Å². The van der Waals surface area contributed by atoms with Gasteiger partial charge in [0.1, 0.15) is 4.88 Å². The van der Waals surface area contributed by atoms with Gasteiger partial charge >= 0.3 is 5.97 Å². The van der Waals surface area contributed by atoms with Crippen LogP contribution in [0.3, 0.4) is 0 Å². The third-order valence-corrected chi connectivity index (χ3v) is 7.61. The van der Waals surface area contributed by atoms with Crippen molar-refractivity contribution in [2.45, 2.75) is 30.8 Å². The van der Waals surface area contributed by atoms with Gasteiger partial charge in [0.05, 0.1) is 11.0 Å². The van der Waals surface area contributed by atoms with Crippen LogP contribution in [0.1, 0.15) is 27.4 Å². The van der Waals surface area contributed by atoms with E-state index in [2.05, 4.69) is 0 Å². The highest BCUT2D eigenvalue weighted by molar-refractivity contribution is 7.89. The zero-order chi connectivity index (χ0) is 15.4. The molecule has 8 heteroatoms. The first-order valence-electron chi connectivity index (χ1n) is 6.82. The SMILES string of the molecule is Cc1sc(C(=O)O)cc1S(=O)(=O)N1CC2CCC(O)C2C1. The van der Waals surface area contributed by atoms with Gasteiger partial charge < -0.3 is 10.2 Å². The molecule has 1 saturated carbocycles. The Morgan fingerprint density at radius 2 is 2.10 bits per heavy atom. The molecule has 6 nitrogen and oxygen atoms in total. The van der Waals surface area contributed by atoms with E-state index in [9.17, 15) is 18.3 Å². The van der Waals surface area contributed by atoms with Crippen LogP contribution in [-0.2, 0) is 10.0 Å². The van der Waals surface area contributed by atoms with Gasteiger partial charge in [0.2, 0.25) is 10.0 Å². The topological polar surface area (TPSA) is 94.9 Å². The lowest BCUT2D eigenvalue weighted by molar-refractivity contribution is 0.0702. The first kappa shape index (κ1) is 15.0. The zero-order valence-electron chi connectivity index (χ0n) is 11.5. The number of aliphatic hydroxyl groups excluding tert-OH is 1. The molecular formula is C13H17NO5S2. The highest BCUT2D eigenvalue weighted by atomic mass is 32.2. The molecule has 1 saturated heterocycles. The molecule has 21 heavy (non-hydrogen) atoms. The van der Waals surface area contributed by atoms with E-state index >= 15 is 0 Å². The molecule has 0 amide bonds. The first-order chi connectivity index (χ1) is 9.80. The summed E-state index contributed by atoms with van der Waals surface area (Å²) in [6, 6.07) is 1.24. The number of aryl methyl sites for hydroxylation is 1. The Balaban J connectivity index is 1.90. The van der Waals surface area contributed by atoms with Crippen LogP contribution in [0.5, 0.6) is 0 Å². The number of aliphatic hydroxyl groups is 1. The number of carboxylic acids is 1. The molecule has 2 fully saturated rings. The van der Waals surface area contributed by atoms with Gasteiger partial charge in [-0.3, -0.25) is 0 Å². The summed E-state index contributed by atoms with van der Waals surface area (Å²) in [4.78, 5) is 11.6. The lowest BCUT2D eigenvalue weighted by atomic mass is 10.00. The van der Waals surface area contributed by atoms with Gasteiger partial charge in [0.15, 0.2) is 0 Å². The smallest absolute Gasteiger partial charge is 0.345 e. The molecule has 116 valence electrons. The quantitative estimate of drug-likeness (QED) is 0.866. The second-order valence-corrected chi connectivity index (χ2v) is 8.89. The van der Waals surface area contributed by atoms with E-state index in [1.807, 2.05) is 0 Å². The molecule has 1 aromatic heterocycles. The number of hydrogen-bond acceptors (Lipinski definition) is 5. The van der Waals surface area contributed by atoms with Crippen molar-refractivity contribution >= 4 is 27.3 Å². The van der Waals surface area contributed by atoms with Gasteiger partial charge in [-0.2, -0.15) is 4.31 Å². The number of rotatable bonds is 3. The van der Waals surface area contributed by atoms with Gasteiger partial charge in [-0.25, -0.2) is 13.2 Å². The van der Waals surface area contributed by atoms with Gasteiger partial charge in [0.25, 0.3) is 0 Å². The Labute approximate surface area is 127 Å². The van der Waals surface area contributed by atoms with Crippen molar-refractivity contribution in [2.24, 2.45) is 11.8 Å². The normalized spacial score (nSPS) is 29.7. The fourth-order valence-corrected chi connectivity index (χ4v) is 6.29. The van der Waals surface area contributed by atoms with E-state index in [1.165, 1.54) is 10.4 Å². The molecule has 0 spiro atoms. The van der Waals surface area contributed by atoms with Crippen molar-refractivity contribution in [2.75, 3.05) is 13.1 Å². The molecule has 0 radical (unpaired) electrons. The maximum atomic E-state index is 12.7. The molecule has 1 aliphatic heterocycles. The summed E-state index contributed by atoms with van der Waals surface area (Å²) in [5, 5.41) is 18.9. The lowest BCUT2D eigenvalue weighted by Gasteiger charge is -2.18. The van der Waals surface area contributed by atoms with Crippen molar-refractivity contribution < 1.29 is 23.4 Å². The number of carboxylic acid groups (broad SMARTS) is 1. The highest BCUT2D eigenvalue weighted by Gasteiger charge is 2.46. The number of thiophene rings is 1. The van der Waals surface area contributed by atoms with E-state index in [1.54, 1.807) is 6.92 Å². The number of hydrogen-bond donors (Lipinski definition) is 2. The summed E-state index contributed by atoms with van der Waals surface area (Å²) in [5.41, 5.74) is 0. The first-order valence-corrected chi connectivity index (χ1v) is 9.08. The van der Waals surface area contributed by atoms with E-state index in [0.717, 1.165) is 24.2 Å². The Bertz CT molecular complexity index is 681. The molecule has 2 heterocycles. The van der Waals surface area contributed by atoms with Crippen molar-refractivity contribution in [1.82, 2.24) is 4.31 Å². The van der Waals surface area contributed by atoms with E-state index in [0.29, 0.717) is 18.0 Å². The van der Waals surface area contributed by atoms with Crippen molar-refractivity contribution in [1.29, 1.82) is 0 Å². The monoisotopic (exact) mass is 331 g/mol. The Hall–Kier alpha value is -0.960. The van der Waals surface area contributed by atoms with Crippen molar-refractivity contribution in [3.63, 3.8) is 0 Å². The molecular weight excluding hydrogens is 314 g/mol. The van der Waals surface area contributed by atoms with Crippen LogP contribution in [0.4, 0.5) is 0 Å². The minimum absolute atomic E-state index is 0.0117. The fourth-order valence-electron chi connectivity index (χ4n) is 3.36. The maximum Gasteiger partial charge on any atom is 0.345 e. The number of sulfonamides is 1. The van der Waals surface area contributed by atoms with Crippen LogP contribution in [-0.4, -0.2) is 48.1 Å².